The van der Waals surface area contributed by atoms with E-state index in [0.717, 1.165) is 81.2 Å². The van der Waals surface area contributed by atoms with E-state index in [2.05, 4.69) is 38.8 Å². The third-order valence-corrected chi connectivity index (χ3v) is 7.87. The number of ether oxygens (including phenoxy) is 3. The molecular weight excluding hydrogens is 444 g/mol. The molecule has 186 valence electrons. The fraction of sp³-hybridized carbons (Fsp3) is 0.577. The van der Waals surface area contributed by atoms with Gasteiger partial charge in [0.2, 0.25) is 0 Å². The molecule has 2 aromatic heterocycles. The molecule has 0 radical (unpaired) electrons. The number of hydrogen-bond donors (Lipinski definition) is 0. The second-order valence-electron chi connectivity index (χ2n) is 10.0. The van der Waals surface area contributed by atoms with Gasteiger partial charge in [0.05, 0.1) is 44.2 Å². The number of fused-ring (bicyclic) bond motifs is 3. The van der Waals surface area contributed by atoms with Crippen molar-refractivity contribution in [3.63, 3.8) is 0 Å². The maximum Gasteiger partial charge on any atom is 0.320 e. The van der Waals surface area contributed by atoms with Crippen LogP contribution in [0.2, 0.25) is 0 Å². The molecule has 9 nitrogen and oxygen atoms in total. The molecule has 6 rings (SSSR count). The van der Waals surface area contributed by atoms with Crippen molar-refractivity contribution in [2.45, 2.75) is 44.2 Å². The maximum atomic E-state index is 5.79. The Kier molecular flexibility index (Phi) is 6.07. The molecule has 5 heterocycles. The van der Waals surface area contributed by atoms with Crippen molar-refractivity contribution in [2.24, 2.45) is 0 Å². The van der Waals surface area contributed by atoms with Crippen LogP contribution in [0.1, 0.15) is 36.3 Å². The normalized spacial score (nSPS) is 23.0. The number of anilines is 1. The van der Waals surface area contributed by atoms with Crippen LogP contribution in [-0.2, 0) is 9.47 Å². The van der Waals surface area contributed by atoms with Gasteiger partial charge in [-0.3, -0.25) is 0 Å². The van der Waals surface area contributed by atoms with Crippen molar-refractivity contribution in [2.75, 3.05) is 58.5 Å². The van der Waals surface area contributed by atoms with Gasteiger partial charge in [-0.2, -0.15) is 15.1 Å². The molecule has 0 aliphatic carbocycles. The van der Waals surface area contributed by atoms with Crippen LogP contribution >= 0.6 is 0 Å². The van der Waals surface area contributed by atoms with Gasteiger partial charge in [0.25, 0.3) is 0 Å². The predicted molar refractivity (Wildman–Crippen MR) is 134 cm³/mol. The molecule has 3 fully saturated rings. The van der Waals surface area contributed by atoms with E-state index in [0.29, 0.717) is 24.1 Å². The van der Waals surface area contributed by atoms with E-state index < -0.39 is 0 Å². The molecule has 2 bridgehead atoms. The number of likely N-dealkylation sites (tertiary alicyclic amines) is 1. The summed E-state index contributed by atoms with van der Waals surface area (Å²) in [4.78, 5) is 14.2. The van der Waals surface area contributed by atoms with Crippen LogP contribution in [0.4, 0.5) is 5.82 Å². The Morgan fingerprint density at radius 3 is 2.63 bits per heavy atom. The SMILES string of the molecule is COCCN1CCC(c2cc3c(cnn3-c3cc(N4C[C@H]5C[C@@H]4CO5)nc(OC)n3)cc2C)CC1. The minimum atomic E-state index is 0.293. The zero-order valence-electron chi connectivity index (χ0n) is 20.8. The number of aryl methyl sites for hydroxylation is 1. The van der Waals surface area contributed by atoms with Crippen LogP contribution in [0.5, 0.6) is 6.01 Å². The highest BCUT2D eigenvalue weighted by Crippen LogP contribution is 2.35. The number of morpholine rings is 1. The quantitative estimate of drug-likeness (QED) is 0.513. The number of piperidine rings is 1. The smallest absolute Gasteiger partial charge is 0.320 e. The highest BCUT2D eigenvalue weighted by Gasteiger charge is 2.40. The standard InChI is InChI=1S/C26H34N6O3/c1-17-10-19-14-27-32(23(19)12-22(17)18-4-6-30(7-5-18)8-9-33-2)25-13-24(28-26(29-25)34-3)31-15-21-11-20(31)16-35-21/h10,12-14,18,20-21H,4-9,11,15-16H2,1-3H3/t20-,21-/m1/s1. The van der Waals surface area contributed by atoms with Crippen LogP contribution in [0.3, 0.4) is 0 Å². The first kappa shape index (κ1) is 22.7. The lowest BCUT2D eigenvalue weighted by molar-refractivity contribution is 0.0988. The Balaban J connectivity index is 1.32. The summed E-state index contributed by atoms with van der Waals surface area (Å²) in [7, 11) is 3.39. The van der Waals surface area contributed by atoms with Crippen molar-refractivity contribution in [3.05, 3.63) is 35.5 Å². The van der Waals surface area contributed by atoms with Crippen LogP contribution < -0.4 is 9.64 Å². The summed E-state index contributed by atoms with van der Waals surface area (Å²) in [6, 6.07) is 7.35. The van der Waals surface area contributed by atoms with E-state index >= 15 is 0 Å². The maximum absolute atomic E-state index is 5.79. The molecule has 0 N–H and O–H groups in total. The minimum absolute atomic E-state index is 0.293. The molecule has 9 heteroatoms. The number of benzene rings is 1. The lowest BCUT2D eigenvalue weighted by Crippen LogP contribution is -2.37. The lowest BCUT2D eigenvalue weighted by atomic mass is 9.86. The molecule has 3 saturated heterocycles. The van der Waals surface area contributed by atoms with Gasteiger partial charge in [-0.1, -0.05) is 0 Å². The highest BCUT2D eigenvalue weighted by atomic mass is 16.5. The van der Waals surface area contributed by atoms with Gasteiger partial charge < -0.3 is 24.0 Å². The molecule has 2 atom stereocenters. The Labute approximate surface area is 206 Å². The van der Waals surface area contributed by atoms with Gasteiger partial charge in [0.1, 0.15) is 5.82 Å². The summed E-state index contributed by atoms with van der Waals surface area (Å²) in [5.74, 6) is 2.16. The Bertz CT molecular complexity index is 1210. The fourth-order valence-corrected chi connectivity index (χ4v) is 5.94. The topological polar surface area (TPSA) is 77.8 Å². The van der Waals surface area contributed by atoms with E-state index in [1.54, 1.807) is 14.2 Å². The average Bonchev–Trinajstić information content (AvgIpc) is 3.63. The fourth-order valence-electron chi connectivity index (χ4n) is 5.94. The molecule has 1 aromatic carbocycles. The number of rotatable bonds is 7. The Morgan fingerprint density at radius 1 is 1.09 bits per heavy atom. The van der Waals surface area contributed by atoms with Gasteiger partial charge in [-0.15, -0.1) is 0 Å². The van der Waals surface area contributed by atoms with Crippen molar-refractivity contribution < 1.29 is 14.2 Å². The van der Waals surface area contributed by atoms with Gasteiger partial charge in [-0.25, -0.2) is 4.68 Å². The zero-order chi connectivity index (χ0) is 23.9. The molecule has 3 aromatic rings. The summed E-state index contributed by atoms with van der Waals surface area (Å²) >= 11 is 0. The molecule has 3 aliphatic heterocycles. The molecule has 3 aliphatic rings. The number of hydrogen-bond acceptors (Lipinski definition) is 8. The second-order valence-corrected chi connectivity index (χ2v) is 10.0. The number of methoxy groups -OCH3 is 2. The van der Waals surface area contributed by atoms with E-state index in [-0.39, 0.29) is 0 Å². The third-order valence-electron chi connectivity index (χ3n) is 7.87. The van der Waals surface area contributed by atoms with Crippen molar-refractivity contribution in [3.8, 4) is 11.8 Å². The van der Waals surface area contributed by atoms with Gasteiger partial charge >= 0.3 is 6.01 Å². The summed E-state index contributed by atoms with van der Waals surface area (Å²) in [6.45, 7) is 7.86. The average molecular weight is 479 g/mol. The third kappa shape index (κ3) is 4.26. The first-order valence-electron chi connectivity index (χ1n) is 12.6. The van der Waals surface area contributed by atoms with Gasteiger partial charge in [0, 0.05) is 31.7 Å². The van der Waals surface area contributed by atoms with E-state index in [1.807, 2.05) is 16.9 Å². The largest absolute Gasteiger partial charge is 0.467 e. The second kappa shape index (κ2) is 9.37. The minimum Gasteiger partial charge on any atom is -0.467 e. The molecule has 0 spiro atoms. The predicted octanol–water partition coefficient (Wildman–Crippen LogP) is 2.94. The number of aromatic nitrogens is 4. The van der Waals surface area contributed by atoms with Crippen molar-refractivity contribution >= 4 is 16.7 Å². The first-order chi connectivity index (χ1) is 17.1. The highest BCUT2D eigenvalue weighted by molar-refractivity contribution is 5.82. The van der Waals surface area contributed by atoms with Crippen LogP contribution in [0.25, 0.3) is 16.7 Å². The van der Waals surface area contributed by atoms with Crippen LogP contribution in [0, 0.1) is 6.92 Å². The first-order valence-corrected chi connectivity index (χ1v) is 12.6. The molecule has 0 saturated carbocycles. The van der Waals surface area contributed by atoms with E-state index in [1.165, 1.54) is 11.1 Å². The summed E-state index contributed by atoms with van der Waals surface area (Å²) in [6.07, 6.45) is 5.60. The van der Waals surface area contributed by atoms with Crippen molar-refractivity contribution in [1.82, 2.24) is 24.6 Å². The molecule has 0 amide bonds. The van der Waals surface area contributed by atoms with E-state index in [9.17, 15) is 0 Å². The lowest BCUT2D eigenvalue weighted by Gasteiger charge is -2.32. The van der Waals surface area contributed by atoms with Crippen molar-refractivity contribution in [1.29, 1.82) is 0 Å². The molecular formula is C26H34N6O3. The van der Waals surface area contributed by atoms with E-state index in [4.69, 9.17) is 19.3 Å². The Hall–Kier alpha value is -2.75. The van der Waals surface area contributed by atoms with Gasteiger partial charge in [0.15, 0.2) is 5.82 Å². The van der Waals surface area contributed by atoms with Crippen LogP contribution in [0.15, 0.2) is 24.4 Å². The zero-order valence-corrected chi connectivity index (χ0v) is 20.8. The summed E-state index contributed by atoms with van der Waals surface area (Å²) in [5, 5.41) is 5.86. The molecule has 35 heavy (non-hydrogen) atoms. The summed E-state index contributed by atoms with van der Waals surface area (Å²) < 4.78 is 18.5. The summed E-state index contributed by atoms with van der Waals surface area (Å²) in [5.41, 5.74) is 3.83. The monoisotopic (exact) mass is 478 g/mol. The molecule has 0 unspecified atom stereocenters. The number of nitrogens with zero attached hydrogens (tertiary/aromatic N) is 6. The van der Waals surface area contributed by atoms with Gasteiger partial charge in [-0.05, 0) is 68.5 Å². The van der Waals surface area contributed by atoms with Crippen LogP contribution in [-0.4, -0.2) is 90.4 Å². The Morgan fingerprint density at radius 2 is 1.91 bits per heavy atom.